The number of carbonyl (C=O) groups is 1. The molecule has 33 heavy (non-hydrogen) atoms. The lowest BCUT2D eigenvalue weighted by Crippen LogP contribution is -2.18. The Labute approximate surface area is 194 Å². The molecule has 5 rings (SSSR count). The van der Waals surface area contributed by atoms with Gasteiger partial charge >= 0.3 is 0 Å². The Hall–Kier alpha value is -4.17. The predicted octanol–water partition coefficient (Wildman–Crippen LogP) is 5.59. The first-order valence-electron chi connectivity index (χ1n) is 10.3. The standard InChI is InChI=1S/C25H21N5O2S/c1-26-24(31)21-15-19(10-11-27-21)32-18-8-9-22-20(14-18)29-25(30(22)2)28-17-6-3-5-16(13-17)23-7-4-12-33-23/h3-15H,1-2H3,(H,26,31)(H,28,29). The molecule has 0 unspecified atom stereocenters. The second-order valence-electron chi connectivity index (χ2n) is 7.39. The molecule has 0 saturated carbocycles. The number of carbonyl (C=O) groups excluding carboxylic acids is 1. The first kappa shape index (κ1) is 20.7. The number of anilines is 2. The lowest BCUT2D eigenvalue weighted by Gasteiger charge is -2.08. The molecule has 2 aromatic carbocycles. The van der Waals surface area contributed by atoms with Crippen LogP contribution in [0.2, 0.25) is 0 Å². The monoisotopic (exact) mass is 455 g/mol. The number of hydrogen-bond acceptors (Lipinski definition) is 6. The molecule has 0 radical (unpaired) electrons. The summed E-state index contributed by atoms with van der Waals surface area (Å²) < 4.78 is 7.96. The lowest BCUT2D eigenvalue weighted by atomic mass is 10.1. The van der Waals surface area contributed by atoms with E-state index >= 15 is 0 Å². The third kappa shape index (κ3) is 4.28. The molecule has 7 nitrogen and oxygen atoms in total. The van der Waals surface area contributed by atoms with Crippen LogP contribution in [0, 0.1) is 0 Å². The molecule has 0 atom stereocenters. The Bertz CT molecular complexity index is 1440. The van der Waals surface area contributed by atoms with Gasteiger partial charge in [0.1, 0.15) is 17.2 Å². The van der Waals surface area contributed by atoms with E-state index in [4.69, 9.17) is 9.72 Å². The highest BCUT2D eigenvalue weighted by atomic mass is 32.1. The number of amides is 1. The normalized spacial score (nSPS) is 10.8. The molecule has 8 heteroatoms. The summed E-state index contributed by atoms with van der Waals surface area (Å²) in [6, 6.07) is 21.5. The van der Waals surface area contributed by atoms with E-state index in [2.05, 4.69) is 45.3 Å². The van der Waals surface area contributed by atoms with Gasteiger partial charge in [0.2, 0.25) is 5.95 Å². The molecule has 5 aromatic rings. The van der Waals surface area contributed by atoms with E-state index in [-0.39, 0.29) is 5.91 Å². The van der Waals surface area contributed by atoms with Crippen molar-refractivity contribution in [3.63, 3.8) is 0 Å². The van der Waals surface area contributed by atoms with Crippen LogP contribution < -0.4 is 15.4 Å². The van der Waals surface area contributed by atoms with E-state index in [1.807, 2.05) is 41.9 Å². The molecule has 2 N–H and O–H groups in total. The number of imidazole rings is 1. The summed E-state index contributed by atoms with van der Waals surface area (Å²) in [7, 11) is 3.54. The van der Waals surface area contributed by atoms with Gasteiger partial charge in [-0.3, -0.25) is 9.78 Å². The number of thiophene rings is 1. The minimum Gasteiger partial charge on any atom is -0.457 e. The largest absolute Gasteiger partial charge is 0.457 e. The molecule has 0 aliphatic heterocycles. The number of aryl methyl sites for hydroxylation is 1. The van der Waals surface area contributed by atoms with Crippen LogP contribution in [0.3, 0.4) is 0 Å². The Morgan fingerprint density at radius 1 is 1.03 bits per heavy atom. The van der Waals surface area contributed by atoms with Crippen molar-refractivity contribution < 1.29 is 9.53 Å². The van der Waals surface area contributed by atoms with Gasteiger partial charge in [0, 0.05) is 43.0 Å². The number of ether oxygens (including phenoxy) is 1. The summed E-state index contributed by atoms with van der Waals surface area (Å²) in [6.07, 6.45) is 1.55. The van der Waals surface area contributed by atoms with E-state index in [1.165, 1.54) is 4.88 Å². The zero-order valence-electron chi connectivity index (χ0n) is 18.1. The lowest BCUT2D eigenvalue weighted by molar-refractivity contribution is 0.0958. The van der Waals surface area contributed by atoms with Crippen LogP contribution in [0.4, 0.5) is 11.6 Å². The van der Waals surface area contributed by atoms with Crippen LogP contribution in [0.5, 0.6) is 11.5 Å². The molecule has 1 amide bonds. The van der Waals surface area contributed by atoms with Gasteiger partial charge in [0.15, 0.2) is 0 Å². The van der Waals surface area contributed by atoms with Crippen molar-refractivity contribution in [2.75, 3.05) is 12.4 Å². The highest BCUT2D eigenvalue weighted by Crippen LogP contribution is 2.30. The first-order chi connectivity index (χ1) is 16.1. The van der Waals surface area contributed by atoms with Crippen molar-refractivity contribution in [3.05, 3.63) is 84.0 Å². The van der Waals surface area contributed by atoms with E-state index in [9.17, 15) is 4.79 Å². The molecule has 0 saturated heterocycles. The molecule has 0 aliphatic rings. The zero-order chi connectivity index (χ0) is 22.8. The van der Waals surface area contributed by atoms with Crippen molar-refractivity contribution in [3.8, 4) is 21.9 Å². The van der Waals surface area contributed by atoms with Crippen LogP contribution in [0.25, 0.3) is 21.5 Å². The molecule has 164 valence electrons. The number of benzene rings is 2. The number of fused-ring (bicyclic) bond motifs is 1. The van der Waals surface area contributed by atoms with Crippen molar-refractivity contribution in [1.82, 2.24) is 19.9 Å². The van der Waals surface area contributed by atoms with Gasteiger partial charge in [-0.05, 0) is 47.3 Å². The van der Waals surface area contributed by atoms with Gasteiger partial charge in [-0.1, -0.05) is 18.2 Å². The third-order valence-electron chi connectivity index (χ3n) is 5.20. The van der Waals surface area contributed by atoms with Crippen molar-refractivity contribution in [2.24, 2.45) is 7.05 Å². The summed E-state index contributed by atoms with van der Waals surface area (Å²) >= 11 is 1.72. The average molecular weight is 456 g/mol. The molecule has 3 heterocycles. The van der Waals surface area contributed by atoms with E-state index in [1.54, 1.807) is 36.7 Å². The van der Waals surface area contributed by atoms with Gasteiger partial charge in [0.25, 0.3) is 5.91 Å². The Balaban J connectivity index is 1.40. The SMILES string of the molecule is CNC(=O)c1cc(Oc2ccc3c(c2)nc(Nc2cccc(-c4cccs4)c2)n3C)ccn1. The fourth-order valence-corrected chi connectivity index (χ4v) is 4.26. The van der Waals surface area contributed by atoms with Gasteiger partial charge < -0.3 is 19.9 Å². The maximum atomic E-state index is 11.8. The highest BCUT2D eigenvalue weighted by Gasteiger charge is 2.11. The third-order valence-corrected chi connectivity index (χ3v) is 6.12. The number of aromatic nitrogens is 3. The second-order valence-corrected chi connectivity index (χ2v) is 8.33. The average Bonchev–Trinajstić information content (AvgIpc) is 3.48. The molecule has 3 aromatic heterocycles. The fourth-order valence-electron chi connectivity index (χ4n) is 3.54. The zero-order valence-corrected chi connectivity index (χ0v) is 18.9. The second kappa shape index (κ2) is 8.76. The number of hydrogen-bond donors (Lipinski definition) is 2. The number of pyridine rings is 1. The fraction of sp³-hybridized carbons (Fsp3) is 0.0800. The predicted molar refractivity (Wildman–Crippen MR) is 131 cm³/mol. The minimum atomic E-state index is -0.264. The molecule has 0 bridgehead atoms. The molecular weight excluding hydrogens is 434 g/mol. The summed E-state index contributed by atoms with van der Waals surface area (Å²) in [5, 5.41) is 8.06. The summed E-state index contributed by atoms with van der Waals surface area (Å²) in [6.45, 7) is 0. The van der Waals surface area contributed by atoms with Gasteiger partial charge in [-0.15, -0.1) is 11.3 Å². The molecule has 0 aliphatic carbocycles. The first-order valence-corrected chi connectivity index (χ1v) is 11.2. The molecule has 0 spiro atoms. The van der Waals surface area contributed by atoms with Crippen molar-refractivity contribution in [1.29, 1.82) is 0 Å². The molecule has 0 fully saturated rings. The summed E-state index contributed by atoms with van der Waals surface area (Å²) in [5.41, 5.74) is 4.20. The quantitative estimate of drug-likeness (QED) is 0.349. The van der Waals surface area contributed by atoms with Crippen molar-refractivity contribution >= 4 is 39.9 Å². The maximum Gasteiger partial charge on any atom is 0.269 e. The minimum absolute atomic E-state index is 0.264. The Morgan fingerprint density at radius 3 is 2.73 bits per heavy atom. The van der Waals surface area contributed by atoms with Gasteiger partial charge in [-0.25, -0.2) is 4.98 Å². The van der Waals surface area contributed by atoms with Crippen LogP contribution in [-0.4, -0.2) is 27.5 Å². The van der Waals surface area contributed by atoms with E-state index in [0.717, 1.165) is 28.2 Å². The summed E-state index contributed by atoms with van der Waals surface area (Å²) in [5.74, 6) is 1.62. The van der Waals surface area contributed by atoms with Gasteiger partial charge in [0.05, 0.1) is 11.0 Å². The number of nitrogens with one attached hydrogen (secondary N) is 2. The van der Waals surface area contributed by atoms with Crippen LogP contribution in [-0.2, 0) is 7.05 Å². The smallest absolute Gasteiger partial charge is 0.269 e. The molecular formula is C25H21N5O2S. The van der Waals surface area contributed by atoms with Crippen LogP contribution in [0.1, 0.15) is 10.5 Å². The number of rotatable bonds is 6. The number of nitrogens with zero attached hydrogens (tertiary/aromatic N) is 3. The highest BCUT2D eigenvalue weighted by molar-refractivity contribution is 7.13. The van der Waals surface area contributed by atoms with Crippen LogP contribution >= 0.6 is 11.3 Å². The topological polar surface area (TPSA) is 81.1 Å². The van der Waals surface area contributed by atoms with E-state index in [0.29, 0.717) is 17.2 Å². The van der Waals surface area contributed by atoms with Crippen molar-refractivity contribution in [2.45, 2.75) is 0 Å². The summed E-state index contributed by atoms with van der Waals surface area (Å²) in [4.78, 5) is 21.9. The Morgan fingerprint density at radius 2 is 1.91 bits per heavy atom. The Kier molecular flexibility index (Phi) is 5.50. The maximum absolute atomic E-state index is 11.8. The van der Waals surface area contributed by atoms with Crippen LogP contribution in [0.15, 0.2) is 78.3 Å². The van der Waals surface area contributed by atoms with E-state index < -0.39 is 0 Å². The van der Waals surface area contributed by atoms with Gasteiger partial charge in [-0.2, -0.15) is 0 Å².